The summed E-state index contributed by atoms with van der Waals surface area (Å²) in [4.78, 5) is 0. The summed E-state index contributed by atoms with van der Waals surface area (Å²) in [7, 11) is -3.04. The Morgan fingerprint density at radius 1 is 0.857 bits per heavy atom. The molecule has 2 aromatic carbocycles. The average molecular weight is 519 g/mol. The van der Waals surface area contributed by atoms with Crippen LogP contribution in [0, 0.1) is 11.6 Å². The Balaban J connectivity index is 2.40. The Hall–Kier alpha value is -0.736. The second-order valence-corrected chi connectivity index (χ2v) is 7.25. The van der Waals surface area contributed by atoms with Crippen molar-refractivity contribution >= 4 is 87.6 Å². The molecule has 0 fully saturated rings. The molecule has 0 aliphatic carbocycles. The minimum atomic E-state index is -3.04. The predicted molar refractivity (Wildman–Crippen MR) is 71.5 cm³/mol. The van der Waals surface area contributed by atoms with E-state index in [0.717, 1.165) is 6.07 Å². The van der Waals surface area contributed by atoms with Gasteiger partial charge in [0.25, 0.3) is 0 Å². The third-order valence-corrected chi connectivity index (χ3v) is 6.21. The summed E-state index contributed by atoms with van der Waals surface area (Å²) in [6.45, 7) is 0. The maximum absolute atomic E-state index is 14.6. The van der Waals surface area contributed by atoms with E-state index in [2.05, 4.69) is 12.8 Å². The normalized spacial score (nSPS) is 11.8. The van der Waals surface area contributed by atoms with Gasteiger partial charge in [0, 0.05) is 0 Å². The molecule has 104 valence electrons. The number of aromatic nitrogens is 4. The van der Waals surface area contributed by atoms with E-state index in [-0.39, 0.29) is 32.8 Å². The zero-order chi connectivity index (χ0) is 14.7. The molecular weight excluding hydrogens is 518 g/mol. The Morgan fingerprint density at radius 3 is 2.29 bits per heavy atom. The summed E-state index contributed by atoms with van der Waals surface area (Å²) in [6.07, 6.45) is 0. The van der Waals surface area contributed by atoms with Crippen molar-refractivity contribution < 1.29 is 17.4 Å². The molecule has 0 spiro atoms. The van der Waals surface area contributed by atoms with Crippen LogP contribution in [0.5, 0.6) is 0 Å². The average Bonchev–Trinajstić information content (AvgIpc) is 3.05. The number of halogens is 4. The summed E-state index contributed by atoms with van der Waals surface area (Å²) in [5, 5.41) is -0.343. The number of rotatable bonds is 1. The van der Waals surface area contributed by atoms with Crippen molar-refractivity contribution in [3.05, 3.63) is 17.7 Å². The molecule has 0 amide bonds. The van der Waals surface area contributed by atoms with Gasteiger partial charge in [-0.3, -0.25) is 0 Å². The van der Waals surface area contributed by atoms with E-state index in [1.807, 2.05) is 0 Å². The fourth-order valence-electron chi connectivity index (χ4n) is 2.31. The Bertz CT molecular complexity index is 1010. The molecular formula is C10HBF4N4Te2. The molecule has 0 unspecified atom stereocenters. The third-order valence-electron chi connectivity index (χ3n) is 3.16. The Kier molecular flexibility index (Phi) is 3.23. The van der Waals surface area contributed by atoms with E-state index in [0.29, 0.717) is 0 Å². The van der Waals surface area contributed by atoms with E-state index < -0.39 is 66.4 Å². The number of hydrogen-bond donors (Lipinski definition) is 0. The van der Waals surface area contributed by atoms with Crippen LogP contribution in [-0.2, 0) is 0 Å². The van der Waals surface area contributed by atoms with Gasteiger partial charge in [-0.15, -0.1) is 0 Å². The summed E-state index contributed by atoms with van der Waals surface area (Å²) >= 11 is -2.39. The van der Waals surface area contributed by atoms with Gasteiger partial charge in [0.2, 0.25) is 0 Å². The molecule has 0 radical (unpaired) electrons. The molecule has 2 aromatic heterocycles. The molecule has 2 heterocycles. The van der Waals surface area contributed by atoms with Crippen molar-refractivity contribution in [3.63, 3.8) is 0 Å². The number of fused-ring (bicyclic) bond motifs is 5. The van der Waals surface area contributed by atoms with Gasteiger partial charge in [-0.25, -0.2) is 0 Å². The molecule has 11 heteroatoms. The molecule has 0 bridgehead atoms. The summed E-state index contributed by atoms with van der Waals surface area (Å²) < 4.78 is 71.4. The van der Waals surface area contributed by atoms with Crippen LogP contribution < -0.4 is 5.46 Å². The number of benzene rings is 2. The first kappa shape index (κ1) is 13.9. The van der Waals surface area contributed by atoms with Gasteiger partial charge in [-0.05, 0) is 0 Å². The molecule has 4 rings (SSSR count). The van der Waals surface area contributed by atoms with E-state index in [1.54, 1.807) is 0 Å². The van der Waals surface area contributed by atoms with Gasteiger partial charge in [0.1, 0.15) is 0 Å². The van der Waals surface area contributed by atoms with Crippen LogP contribution in [0.3, 0.4) is 0 Å². The van der Waals surface area contributed by atoms with E-state index in [4.69, 9.17) is 0 Å². The van der Waals surface area contributed by atoms with Gasteiger partial charge >= 0.3 is 136 Å². The van der Waals surface area contributed by atoms with Crippen molar-refractivity contribution in [2.24, 2.45) is 0 Å². The monoisotopic (exact) mass is 524 g/mol. The van der Waals surface area contributed by atoms with Crippen molar-refractivity contribution in [1.82, 2.24) is 12.8 Å². The molecule has 0 N–H and O–H groups in total. The SMILES string of the molecule is FB(F)c1c(F)c2c3n[te]nc3cc(F)c2c2n[te]nc12. The maximum atomic E-state index is 14.6. The molecule has 4 aromatic rings. The number of hydrogen-bond acceptors (Lipinski definition) is 4. The van der Waals surface area contributed by atoms with Gasteiger partial charge in [0.05, 0.1) is 0 Å². The summed E-state index contributed by atoms with van der Waals surface area (Å²) in [5.41, 5.74) is -0.583. The standard InChI is InChI=1S/C10HBF4N4Te2/c12-2-1-3-8(17-20-16-3)5-4(2)9-10(19-21-18-9)6(7(5)13)11(14)15/h1H. The quantitative estimate of drug-likeness (QED) is 0.276. The van der Waals surface area contributed by atoms with Crippen LogP contribution in [0.15, 0.2) is 6.07 Å². The van der Waals surface area contributed by atoms with Gasteiger partial charge in [-0.2, -0.15) is 0 Å². The molecule has 0 saturated heterocycles. The first-order chi connectivity index (χ1) is 10.1. The topological polar surface area (TPSA) is 51.6 Å². The van der Waals surface area contributed by atoms with Crippen LogP contribution in [0.2, 0.25) is 0 Å². The molecule has 4 nitrogen and oxygen atoms in total. The molecule has 0 atom stereocenters. The van der Waals surface area contributed by atoms with E-state index >= 15 is 0 Å². The number of nitrogens with zero attached hydrogens (tertiary/aromatic N) is 4. The third kappa shape index (κ3) is 1.88. The Morgan fingerprint density at radius 2 is 1.52 bits per heavy atom. The molecule has 0 aliphatic heterocycles. The minimum absolute atomic E-state index is 0.0344. The predicted octanol–water partition coefficient (Wildman–Crippen LogP) is 0.753. The molecule has 0 aliphatic rings. The van der Waals surface area contributed by atoms with Gasteiger partial charge < -0.3 is 0 Å². The van der Waals surface area contributed by atoms with Crippen molar-refractivity contribution in [3.8, 4) is 0 Å². The van der Waals surface area contributed by atoms with Gasteiger partial charge in [-0.1, -0.05) is 0 Å². The van der Waals surface area contributed by atoms with Gasteiger partial charge in [0.15, 0.2) is 0 Å². The second kappa shape index (κ2) is 4.89. The first-order valence-corrected chi connectivity index (χ1v) is 9.72. The van der Waals surface area contributed by atoms with Crippen LogP contribution in [0.25, 0.3) is 32.8 Å². The van der Waals surface area contributed by atoms with Crippen LogP contribution in [0.1, 0.15) is 0 Å². The van der Waals surface area contributed by atoms with E-state index in [9.17, 15) is 17.4 Å². The zero-order valence-corrected chi connectivity index (χ0v) is 14.4. The summed E-state index contributed by atoms with van der Waals surface area (Å²) in [5.74, 6) is -1.88. The second-order valence-electron chi connectivity index (χ2n) is 4.23. The van der Waals surface area contributed by atoms with Crippen LogP contribution in [-0.4, -0.2) is 62.1 Å². The Labute approximate surface area is 135 Å². The fourth-order valence-corrected chi connectivity index (χ4v) is 5.45. The van der Waals surface area contributed by atoms with Crippen molar-refractivity contribution in [2.75, 3.05) is 0 Å². The first-order valence-electron chi connectivity index (χ1n) is 5.56. The van der Waals surface area contributed by atoms with Crippen LogP contribution in [0.4, 0.5) is 17.4 Å². The van der Waals surface area contributed by atoms with E-state index in [1.165, 1.54) is 0 Å². The summed E-state index contributed by atoms with van der Waals surface area (Å²) in [6, 6.07) is 1.16. The molecule has 0 saturated carbocycles. The van der Waals surface area contributed by atoms with Crippen LogP contribution >= 0.6 is 0 Å². The van der Waals surface area contributed by atoms with Crippen molar-refractivity contribution in [2.45, 2.75) is 0 Å². The van der Waals surface area contributed by atoms with Crippen molar-refractivity contribution in [1.29, 1.82) is 0 Å². The fraction of sp³-hybridized carbons (Fsp3) is 0. The molecule has 21 heavy (non-hydrogen) atoms. The zero-order valence-electron chi connectivity index (χ0n) is 9.77.